The Bertz CT molecular complexity index is 6080. The van der Waals surface area contributed by atoms with Gasteiger partial charge in [0.2, 0.25) is 6.71 Å². The zero-order valence-corrected chi connectivity index (χ0v) is 60.8. The van der Waals surface area contributed by atoms with E-state index in [2.05, 4.69) is 389 Å². The van der Waals surface area contributed by atoms with Crippen LogP contribution in [0.1, 0.15) is 86.1 Å². The quantitative estimate of drug-likeness (QED) is 0.0893. The van der Waals surface area contributed by atoms with Crippen LogP contribution in [0.5, 0.6) is 0 Å². The minimum atomic E-state index is -0.635. The molecule has 1 unspecified atom stereocenters. The van der Waals surface area contributed by atoms with E-state index >= 15 is 0 Å². The van der Waals surface area contributed by atoms with Crippen molar-refractivity contribution < 1.29 is 0 Å². The molecule has 0 N–H and O–H groups in total. The third kappa shape index (κ3) is 9.27. The van der Waals surface area contributed by atoms with Gasteiger partial charge in [-0.25, -0.2) is 0 Å². The summed E-state index contributed by atoms with van der Waals surface area (Å²) in [7, 11) is 0. The van der Waals surface area contributed by atoms with Gasteiger partial charge in [-0.05, 0) is 228 Å². The van der Waals surface area contributed by atoms with Crippen LogP contribution in [0.15, 0.2) is 345 Å². The van der Waals surface area contributed by atoms with E-state index in [0.29, 0.717) is 0 Å². The average molecular weight is 1360 g/mol. The molecule has 500 valence electrons. The van der Waals surface area contributed by atoms with E-state index in [-0.39, 0.29) is 24.3 Å². The predicted octanol–water partition coefficient (Wildman–Crippen LogP) is 22.2. The fraction of sp³-hybridized carbons (Fsp3) is 0.102. The van der Waals surface area contributed by atoms with Gasteiger partial charge in [-0.1, -0.05) is 258 Å². The van der Waals surface area contributed by atoms with Crippen molar-refractivity contribution in [1.82, 2.24) is 0 Å². The summed E-state index contributed by atoms with van der Waals surface area (Å²) in [6, 6.07) is 111. The molecule has 2 aliphatic carbocycles. The first-order valence-electron chi connectivity index (χ1n) is 37.0. The van der Waals surface area contributed by atoms with Crippen molar-refractivity contribution in [3.8, 4) is 11.1 Å². The fourth-order valence-corrected chi connectivity index (χ4v) is 21.2. The van der Waals surface area contributed by atoms with Gasteiger partial charge in [0.15, 0.2) is 0 Å². The van der Waals surface area contributed by atoms with Gasteiger partial charge in [0.25, 0.3) is 6.71 Å². The lowest BCUT2D eigenvalue weighted by molar-refractivity contribution is 0.654. The molecule has 4 nitrogen and oxygen atoms in total. The number of hydrogen-bond donors (Lipinski definition) is 0. The highest BCUT2D eigenvalue weighted by molar-refractivity contribution is 7.32. The van der Waals surface area contributed by atoms with Crippen LogP contribution >= 0.6 is 11.3 Å². The Morgan fingerprint density at radius 2 is 1.10 bits per heavy atom. The lowest BCUT2D eigenvalue weighted by atomic mass is 9.27. The Kier molecular flexibility index (Phi) is 14.3. The molecule has 0 amide bonds. The van der Waals surface area contributed by atoms with E-state index in [1.54, 1.807) is 0 Å². The van der Waals surface area contributed by atoms with Gasteiger partial charge < -0.3 is 19.6 Å². The number of anilines is 10. The van der Waals surface area contributed by atoms with Crippen LogP contribution in [0, 0.1) is 0 Å². The van der Waals surface area contributed by atoms with E-state index in [1.807, 2.05) is 11.3 Å². The molecular weight excluding hydrogens is 1290 g/mol. The smallest absolute Gasteiger partial charge is 0.259 e. The van der Waals surface area contributed by atoms with Crippen molar-refractivity contribution >= 4 is 141 Å². The van der Waals surface area contributed by atoms with Gasteiger partial charge in [-0.3, -0.25) is 0 Å². The number of nitrogens with zero attached hydrogens (tertiary/aromatic N) is 4. The number of rotatable bonds is 12. The molecule has 6 aliphatic rings. The average Bonchev–Trinajstić information content (AvgIpc) is 1.61. The van der Waals surface area contributed by atoms with Crippen LogP contribution in [0.25, 0.3) is 43.6 Å². The zero-order valence-electron chi connectivity index (χ0n) is 59.9. The van der Waals surface area contributed by atoms with Crippen LogP contribution in [-0.4, -0.2) is 13.4 Å². The van der Waals surface area contributed by atoms with Gasteiger partial charge in [-0.2, -0.15) is 0 Å². The standard InChI is InChI=1S/C98H76B2N4S/c1-63(32-25-33-64(2)102-83-56-22-21-55-82(83)100-91-80(53-31-58-85(91)102)96(3,4)90-76-49-18-24-59-86(76)105-95(90)100)101(69-39-11-8-12-40-69)72-45-27-37-67(61-72)66-36-26-38-68(60-66)98(7)88-77-50-28-34-65-35-29-51-78(87(65)77)93-92(88)99(94-89(98)75-48-17-19-52-79(75)97(94,5)6)81-54-20-23-57-84(81)104(93)74-47-30-46-73(62-74)103(70-41-13-9-14-42-70)71-43-15-10-16-44-71/h8-49,51-62H,1,50H2,2-7H3/b32-25-,64-33+. The topological polar surface area (TPSA) is 13.0 Å². The second-order valence-electron chi connectivity index (χ2n) is 30.4. The molecule has 0 saturated carbocycles. The van der Waals surface area contributed by atoms with Crippen molar-refractivity contribution in [3.05, 3.63) is 390 Å². The molecule has 105 heavy (non-hydrogen) atoms. The Morgan fingerprint density at radius 3 is 1.89 bits per heavy atom. The normalized spacial score (nSPS) is 16.5. The highest BCUT2D eigenvalue weighted by Gasteiger charge is 2.58. The predicted molar refractivity (Wildman–Crippen MR) is 450 cm³/mol. The molecule has 13 aromatic carbocycles. The number of thiophene rings is 1. The maximum absolute atomic E-state index is 4.88. The second kappa shape index (κ2) is 23.8. The molecule has 5 heterocycles. The second-order valence-corrected chi connectivity index (χ2v) is 31.5. The van der Waals surface area contributed by atoms with E-state index < -0.39 is 5.41 Å². The van der Waals surface area contributed by atoms with Crippen molar-refractivity contribution in [2.45, 2.75) is 64.2 Å². The molecule has 0 radical (unpaired) electrons. The lowest BCUT2D eigenvalue weighted by Crippen LogP contribution is -2.63. The zero-order chi connectivity index (χ0) is 70.6. The monoisotopic (exact) mass is 1360 g/mol. The molecule has 4 aliphatic heterocycles. The van der Waals surface area contributed by atoms with Crippen LogP contribution in [0.2, 0.25) is 0 Å². The van der Waals surface area contributed by atoms with E-state index in [9.17, 15) is 0 Å². The van der Waals surface area contributed by atoms with E-state index in [0.717, 1.165) is 63.1 Å². The Balaban J connectivity index is 0.719. The first-order valence-corrected chi connectivity index (χ1v) is 37.9. The number of benzene rings is 13. The van der Waals surface area contributed by atoms with Crippen LogP contribution in [0.4, 0.5) is 56.9 Å². The van der Waals surface area contributed by atoms with Gasteiger partial charge >= 0.3 is 0 Å². The highest BCUT2D eigenvalue weighted by atomic mass is 32.1. The number of hydrogen-bond acceptors (Lipinski definition) is 5. The van der Waals surface area contributed by atoms with Gasteiger partial charge in [0.05, 0.1) is 0 Å². The molecule has 0 bridgehead atoms. The summed E-state index contributed by atoms with van der Waals surface area (Å²) in [4.78, 5) is 9.83. The van der Waals surface area contributed by atoms with E-state index in [4.69, 9.17) is 6.58 Å². The molecule has 0 fully saturated rings. The molecule has 1 aromatic heterocycles. The van der Waals surface area contributed by atoms with Gasteiger partial charge in [-0.15, -0.1) is 11.3 Å². The molecular formula is C98H76B2N4S. The molecule has 0 saturated heterocycles. The fourth-order valence-electron chi connectivity index (χ4n) is 19.7. The Hall–Kier alpha value is -11.9. The number of fused-ring (bicyclic) bond motifs is 13. The number of allylic oxidation sites excluding steroid dienone is 7. The van der Waals surface area contributed by atoms with Gasteiger partial charge in [0, 0.05) is 94.6 Å². The molecule has 1 atom stereocenters. The summed E-state index contributed by atoms with van der Waals surface area (Å²) in [5, 5.41) is 4.00. The Morgan fingerprint density at radius 1 is 0.505 bits per heavy atom. The summed E-state index contributed by atoms with van der Waals surface area (Å²) in [6.45, 7) is 19.7. The van der Waals surface area contributed by atoms with Crippen molar-refractivity contribution in [2.75, 3.05) is 19.6 Å². The molecule has 0 spiro atoms. The first kappa shape index (κ1) is 62.9. The molecule has 7 heteroatoms. The maximum atomic E-state index is 4.88. The molecule has 14 aromatic rings. The maximum Gasteiger partial charge on any atom is 0.259 e. The SMILES string of the molecule is C=C(/C=C\C=C(/C)N1c2ccccc2B2c3sc4ccccc4c3C(C)(C)c3cccc1c32)N(c1ccccc1)c1cccc(-c2cccc(C3(C)C4=C(B5c6ccccc6N(c6cccc(N(c7ccccc7)c7ccccc7)c6)c6c5c3c3c5c(cccc65)C=CC3)C(C)(C)c3ccccc34)c2)c1. The first-order chi connectivity index (χ1) is 51.4. The third-order valence-corrected chi connectivity index (χ3v) is 25.3. The lowest BCUT2D eigenvalue weighted by Gasteiger charge is -2.50. The third-order valence-electron chi connectivity index (χ3n) is 24.0. The van der Waals surface area contributed by atoms with Gasteiger partial charge in [0.1, 0.15) is 0 Å². The summed E-state index contributed by atoms with van der Waals surface area (Å²) < 4.78 is 2.82. The number of para-hydroxylation sites is 5. The summed E-state index contributed by atoms with van der Waals surface area (Å²) in [6.07, 6.45) is 12.3. The molecule has 20 rings (SSSR count). The van der Waals surface area contributed by atoms with E-state index in [1.165, 1.54) is 126 Å². The van der Waals surface area contributed by atoms with Crippen molar-refractivity contribution in [3.63, 3.8) is 0 Å². The van der Waals surface area contributed by atoms with Crippen LogP contribution in [0.3, 0.4) is 0 Å². The minimum Gasteiger partial charge on any atom is -0.316 e. The van der Waals surface area contributed by atoms with Crippen molar-refractivity contribution in [2.24, 2.45) is 0 Å². The summed E-state index contributed by atoms with van der Waals surface area (Å²) >= 11 is 1.97. The largest absolute Gasteiger partial charge is 0.316 e. The van der Waals surface area contributed by atoms with Crippen molar-refractivity contribution in [1.29, 1.82) is 0 Å². The highest BCUT2D eigenvalue weighted by Crippen LogP contribution is 2.62. The Labute approximate surface area is 621 Å². The van der Waals surface area contributed by atoms with Crippen LogP contribution < -0.4 is 46.2 Å². The summed E-state index contributed by atoms with van der Waals surface area (Å²) in [5.74, 6) is 0. The summed E-state index contributed by atoms with van der Waals surface area (Å²) in [5.41, 5.74) is 34.0. The minimum absolute atomic E-state index is 0.0372. The van der Waals surface area contributed by atoms with Crippen LogP contribution in [-0.2, 0) is 22.7 Å².